The van der Waals surface area contributed by atoms with Crippen molar-refractivity contribution in [1.82, 2.24) is 9.80 Å². The molecule has 0 radical (unpaired) electrons. The second-order valence-corrected chi connectivity index (χ2v) is 8.08. The largest absolute Gasteiger partial charge is 0.368 e. The van der Waals surface area contributed by atoms with Gasteiger partial charge in [0.1, 0.15) is 6.10 Å². The van der Waals surface area contributed by atoms with E-state index in [0.717, 1.165) is 12.8 Å². The van der Waals surface area contributed by atoms with Crippen molar-refractivity contribution in [1.29, 1.82) is 0 Å². The van der Waals surface area contributed by atoms with Gasteiger partial charge in [0.25, 0.3) is 17.7 Å². The van der Waals surface area contributed by atoms with Gasteiger partial charge in [0.15, 0.2) is 0 Å². The number of ether oxygens (including phenoxy) is 1. The third-order valence-electron chi connectivity index (χ3n) is 5.22. The highest BCUT2D eigenvalue weighted by Crippen LogP contribution is 2.18. The Kier molecular flexibility index (Phi) is 5.92. The first-order valence-electron chi connectivity index (χ1n) is 9.76. The number of amides is 3. The molecule has 0 saturated carbocycles. The number of carbonyl (C=O) groups excluding carboxylic acids is 3. The fourth-order valence-electron chi connectivity index (χ4n) is 3.59. The van der Waals surface area contributed by atoms with Crippen LogP contribution in [0.4, 0.5) is 5.69 Å². The van der Waals surface area contributed by atoms with Crippen LogP contribution in [0.5, 0.6) is 0 Å². The van der Waals surface area contributed by atoms with Gasteiger partial charge in [-0.2, -0.15) is 0 Å². The van der Waals surface area contributed by atoms with Crippen molar-refractivity contribution in [2.24, 2.45) is 0 Å². The van der Waals surface area contributed by atoms with Gasteiger partial charge in [0, 0.05) is 44.0 Å². The van der Waals surface area contributed by atoms with Crippen molar-refractivity contribution in [2.75, 3.05) is 38.1 Å². The summed E-state index contributed by atoms with van der Waals surface area (Å²) in [6, 6.07) is 10.5. The maximum absolute atomic E-state index is 12.8. The molecule has 4 rings (SSSR count). The smallest absolute Gasteiger partial charge is 0.265 e. The molecule has 8 heteroatoms. The van der Waals surface area contributed by atoms with E-state index in [-0.39, 0.29) is 23.8 Å². The molecule has 2 fully saturated rings. The molecule has 0 aliphatic carbocycles. The molecule has 1 aromatic carbocycles. The molecule has 3 heterocycles. The Morgan fingerprint density at radius 1 is 1.00 bits per heavy atom. The van der Waals surface area contributed by atoms with Gasteiger partial charge < -0.3 is 19.9 Å². The molecule has 7 nitrogen and oxygen atoms in total. The van der Waals surface area contributed by atoms with E-state index in [1.807, 2.05) is 11.4 Å². The second kappa shape index (κ2) is 8.75. The molecule has 3 amide bonds. The van der Waals surface area contributed by atoms with E-state index in [9.17, 15) is 14.4 Å². The fraction of sp³-hybridized carbons (Fsp3) is 0.381. The summed E-state index contributed by atoms with van der Waals surface area (Å²) in [5.41, 5.74) is 1.21. The van der Waals surface area contributed by atoms with Gasteiger partial charge in [0.05, 0.1) is 4.88 Å². The van der Waals surface area contributed by atoms with Crippen LogP contribution in [0, 0.1) is 0 Å². The average molecular weight is 413 g/mol. The topological polar surface area (TPSA) is 79.0 Å². The van der Waals surface area contributed by atoms with E-state index >= 15 is 0 Å². The van der Waals surface area contributed by atoms with Gasteiger partial charge in [-0.15, -0.1) is 11.3 Å². The molecule has 1 aromatic heterocycles. The number of nitrogens with zero attached hydrogens (tertiary/aromatic N) is 2. The third-order valence-corrected chi connectivity index (χ3v) is 6.09. The average Bonchev–Trinajstić information content (AvgIpc) is 3.48. The van der Waals surface area contributed by atoms with Gasteiger partial charge in [-0.1, -0.05) is 6.07 Å². The Bertz CT molecular complexity index is 868. The predicted octanol–water partition coefficient (Wildman–Crippen LogP) is 2.46. The van der Waals surface area contributed by atoms with Crippen LogP contribution in [0.25, 0.3) is 0 Å². The summed E-state index contributed by atoms with van der Waals surface area (Å²) in [4.78, 5) is 41.5. The quantitative estimate of drug-likeness (QED) is 0.835. The van der Waals surface area contributed by atoms with Crippen LogP contribution in [0.15, 0.2) is 41.8 Å². The minimum atomic E-state index is -0.311. The Balaban J connectivity index is 1.30. The molecular weight excluding hydrogens is 390 g/mol. The van der Waals surface area contributed by atoms with Gasteiger partial charge in [-0.3, -0.25) is 14.4 Å². The van der Waals surface area contributed by atoms with E-state index in [0.29, 0.717) is 48.9 Å². The van der Waals surface area contributed by atoms with Gasteiger partial charge in [0.2, 0.25) is 0 Å². The summed E-state index contributed by atoms with van der Waals surface area (Å²) in [6.45, 7) is 2.72. The zero-order valence-corrected chi connectivity index (χ0v) is 16.8. The maximum Gasteiger partial charge on any atom is 0.265 e. The number of benzene rings is 1. The molecule has 1 atom stereocenters. The summed E-state index contributed by atoms with van der Waals surface area (Å²) >= 11 is 1.38. The van der Waals surface area contributed by atoms with Gasteiger partial charge in [-0.05, 0) is 48.6 Å². The normalized spacial score (nSPS) is 19.2. The Hall–Kier alpha value is -2.71. The molecule has 0 bridgehead atoms. The summed E-state index contributed by atoms with van der Waals surface area (Å²) in [6.07, 6.45) is 1.40. The number of piperazine rings is 1. The Morgan fingerprint density at radius 2 is 1.72 bits per heavy atom. The van der Waals surface area contributed by atoms with E-state index in [2.05, 4.69) is 5.32 Å². The van der Waals surface area contributed by atoms with Gasteiger partial charge in [-0.25, -0.2) is 0 Å². The molecule has 2 aliphatic heterocycles. The van der Waals surface area contributed by atoms with E-state index < -0.39 is 0 Å². The SMILES string of the molecule is O=C(Nc1ccc(C(=O)N2CCN(C(=O)[C@H]3CCCO3)CC2)cc1)c1cccs1. The highest BCUT2D eigenvalue weighted by atomic mass is 32.1. The monoisotopic (exact) mass is 413 g/mol. The zero-order chi connectivity index (χ0) is 20.2. The van der Waals surface area contributed by atoms with Gasteiger partial charge >= 0.3 is 0 Å². The molecule has 0 unspecified atom stereocenters. The van der Waals surface area contributed by atoms with Crippen LogP contribution in [-0.2, 0) is 9.53 Å². The molecule has 2 aromatic rings. The van der Waals surface area contributed by atoms with Crippen LogP contribution in [-0.4, -0.2) is 66.4 Å². The lowest BCUT2D eigenvalue weighted by atomic mass is 10.1. The molecule has 2 aliphatic rings. The summed E-state index contributed by atoms with van der Waals surface area (Å²) < 4.78 is 5.47. The van der Waals surface area contributed by atoms with Crippen molar-refractivity contribution >= 4 is 34.7 Å². The first-order chi connectivity index (χ1) is 14.1. The first-order valence-corrected chi connectivity index (χ1v) is 10.6. The second-order valence-electron chi connectivity index (χ2n) is 7.13. The molecule has 0 spiro atoms. The Labute approximate surface area is 173 Å². The first kappa shape index (κ1) is 19.6. The molecule has 1 N–H and O–H groups in total. The van der Waals surface area contributed by atoms with Crippen LogP contribution in [0.2, 0.25) is 0 Å². The van der Waals surface area contributed by atoms with Crippen LogP contribution in [0.3, 0.4) is 0 Å². The van der Waals surface area contributed by atoms with E-state index in [4.69, 9.17) is 4.74 Å². The van der Waals surface area contributed by atoms with E-state index in [1.54, 1.807) is 40.1 Å². The number of hydrogen-bond donors (Lipinski definition) is 1. The number of thiophene rings is 1. The minimum absolute atomic E-state index is 0.0421. The van der Waals surface area contributed by atoms with Crippen LogP contribution in [0.1, 0.15) is 32.9 Å². The maximum atomic E-state index is 12.8. The number of anilines is 1. The number of nitrogens with one attached hydrogen (secondary N) is 1. The highest BCUT2D eigenvalue weighted by molar-refractivity contribution is 7.12. The van der Waals surface area contributed by atoms with E-state index in [1.165, 1.54) is 11.3 Å². The predicted molar refractivity (Wildman–Crippen MR) is 110 cm³/mol. The zero-order valence-electron chi connectivity index (χ0n) is 16.0. The van der Waals surface area contributed by atoms with Crippen LogP contribution >= 0.6 is 11.3 Å². The third kappa shape index (κ3) is 4.49. The fourth-order valence-corrected chi connectivity index (χ4v) is 4.20. The lowest BCUT2D eigenvalue weighted by Gasteiger charge is -2.35. The van der Waals surface area contributed by atoms with Crippen molar-refractivity contribution in [3.63, 3.8) is 0 Å². The van der Waals surface area contributed by atoms with Crippen molar-refractivity contribution in [2.45, 2.75) is 18.9 Å². The molecule has 29 heavy (non-hydrogen) atoms. The molecule has 152 valence electrons. The van der Waals surface area contributed by atoms with Crippen molar-refractivity contribution in [3.05, 3.63) is 52.2 Å². The standard InChI is InChI=1S/C21H23N3O4S/c25-19(18-4-2-14-29-18)22-16-7-5-15(6-8-16)20(26)23-9-11-24(12-10-23)21(27)17-3-1-13-28-17/h2,4-8,14,17H,1,3,9-13H2,(H,22,25)/t17-/m1/s1. The molecule has 2 saturated heterocycles. The van der Waals surface area contributed by atoms with Crippen molar-refractivity contribution in [3.8, 4) is 0 Å². The van der Waals surface area contributed by atoms with Crippen molar-refractivity contribution < 1.29 is 19.1 Å². The number of carbonyl (C=O) groups is 3. The lowest BCUT2D eigenvalue weighted by Crippen LogP contribution is -2.52. The summed E-state index contributed by atoms with van der Waals surface area (Å²) in [5.74, 6) is -0.183. The molecular formula is C21H23N3O4S. The summed E-state index contributed by atoms with van der Waals surface area (Å²) in [5, 5.41) is 4.68. The summed E-state index contributed by atoms with van der Waals surface area (Å²) in [7, 11) is 0. The lowest BCUT2D eigenvalue weighted by molar-refractivity contribution is -0.142. The van der Waals surface area contributed by atoms with Crippen LogP contribution < -0.4 is 5.32 Å². The minimum Gasteiger partial charge on any atom is -0.368 e. The Morgan fingerprint density at radius 3 is 2.34 bits per heavy atom. The number of hydrogen-bond acceptors (Lipinski definition) is 5. The highest BCUT2D eigenvalue weighted by Gasteiger charge is 2.31. The number of rotatable bonds is 4.